The maximum Gasteiger partial charge on any atom is 0.244 e. The maximum atomic E-state index is 12.6. The topological polar surface area (TPSA) is 62.3 Å². The van der Waals surface area contributed by atoms with E-state index >= 15 is 0 Å². The molecule has 0 radical (unpaired) electrons. The first-order chi connectivity index (χ1) is 11.2. The Morgan fingerprint density at radius 3 is 2.22 bits per heavy atom. The first-order valence-electron chi connectivity index (χ1n) is 8.89. The summed E-state index contributed by atoms with van der Waals surface area (Å²) in [6.07, 6.45) is 12.0. The van der Waals surface area contributed by atoms with Gasteiger partial charge in [0, 0.05) is 25.3 Å². The summed E-state index contributed by atoms with van der Waals surface area (Å²) in [4.78, 5) is 4.66. The highest BCUT2D eigenvalue weighted by atomic mass is 32.2. The average Bonchev–Trinajstić information content (AvgIpc) is 2.85. The van der Waals surface area contributed by atoms with Crippen molar-refractivity contribution in [2.75, 3.05) is 18.4 Å². The molecular formula is C17H27N3O2S. The average molecular weight is 337 g/mol. The predicted octanol–water partition coefficient (Wildman–Crippen LogP) is 3.39. The van der Waals surface area contributed by atoms with Gasteiger partial charge in [-0.25, -0.2) is 13.4 Å². The van der Waals surface area contributed by atoms with Gasteiger partial charge in [0.25, 0.3) is 0 Å². The Kier molecular flexibility index (Phi) is 5.54. The van der Waals surface area contributed by atoms with Gasteiger partial charge in [-0.1, -0.05) is 32.1 Å². The molecule has 128 valence electrons. The highest BCUT2D eigenvalue weighted by Crippen LogP contribution is 2.23. The number of sulfonamides is 1. The van der Waals surface area contributed by atoms with E-state index in [0.29, 0.717) is 24.0 Å². The van der Waals surface area contributed by atoms with Gasteiger partial charge in [-0.3, -0.25) is 0 Å². The van der Waals surface area contributed by atoms with E-state index in [9.17, 15) is 8.42 Å². The lowest BCUT2D eigenvalue weighted by molar-refractivity contribution is 0.346. The molecule has 1 saturated heterocycles. The molecule has 2 fully saturated rings. The van der Waals surface area contributed by atoms with Crippen molar-refractivity contribution >= 4 is 15.8 Å². The number of hydrogen-bond acceptors (Lipinski definition) is 4. The first kappa shape index (κ1) is 16.7. The molecule has 1 aromatic heterocycles. The monoisotopic (exact) mass is 337 g/mol. The van der Waals surface area contributed by atoms with Gasteiger partial charge in [0.2, 0.25) is 10.0 Å². The predicted molar refractivity (Wildman–Crippen MR) is 92.0 cm³/mol. The summed E-state index contributed by atoms with van der Waals surface area (Å²) in [5, 5.41) is 3.46. The summed E-state index contributed by atoms with van der Waals surface area (Å²) >= 11 is 0. The quantitative estimate of drug-likeness (QED) is 0.856. The van der Waals surface area contributed by atoms with Gasteiger partial charge in [-0.2, -0.15) is 4.31 Å². The normalized spacial score (nSPS) is 21.7. The molecule has 0 spiro atoms. The van der Waals surface area contributed by atoms with Crippen molar-refractivity contribution < 1.29 is 8.42 Å². The van der Waals surface area contributed by atoms with Crippen molar-refractivity contribution in [1.82, 2.24) is 9.29 Å². The fraction of sp³-hybridized carbons (Fsp3) is 0.706. The van der Waals surface area contributed by atoms with Gasteiger partial charge in [0.05, 0.1) is 0 Å². The third-order valence-electron chi connectivity index (χ3n) is 4.90. The molecule has 1 aliphatic carbocycles. The molecule has 0 aromatic carbocycles. The molecule has 2 aliphatic rings. The van der Waals surface area contributed by atoms with Crippen molar-refractivity contribution in [3.63, 3.8) is 0 Å². The lowest BCUT2D eigenvalue weighted by atomic mass is 10.1. The fourth-order valence-electron chi connectivity index (χ4n) is 3.51. The smallest absolute Gasteiger partial charge is 0.244 e. The molecule has 1 N–H and O–H groups in total. The molecule has 2 heterocycles. The van der Waals surface area contributed by atoms with Crippen LogP contribution in [0.25, 0.3) is 0 Å². The fourth-order valence-corrected chi connectivity index (χ4v) is 4.97. The van der Waals surface area contributed by atoms with Crippen LogP contribution in [0.5, 0.6) is 0 Å². The molecule has 3 rings (SSSR count). The minimum absolute atomic E-state index is 0.311. The SMILES string of the molecule is O=S(=O)(c1ccc(NC2CCCCCC2)nc1)N1CCCCC1. The van der Waals surface area contributed by atoms with Crippen LogP contribution in [0.2, 0.25) is 0 Å². The Balaban J connectivity index is 1.66. The molecule has 0 atom stereocenters. The van der Waals surface area contributed by atoms with Gasteiger partial charge in [-0.05, 0) is 37.8 Å². The summed E-state index contributed by atoms with van der Waals surface area (Å²) in [6.45, 7) is 1.26. The Morgan fingerprint density at radius 2 is 1.61 bits per heavy atom. The largest absolute Gasteiger partial charge is 0.367 e. The van der Waals surface area contributed by atoms with E-state index < -0.39 is 10.0 Å². The van der Waals surface area contributed by atoms with Crippen LogP contribution >= 0.6 is 0 Å². The molecule has 0 unspecified atom stereocenters. The Labute approximate surface area is 139 Å². The van der Waals surface area contributed by atoms with E-state index in [4.69, 9.17) is 0 Å². The molecule has 0 amide bonds. The van der Waals surface area contributed by atoms with Crippen molar-refractivity contribution in [3.8, 4) is 0 Å². The number of rotatable bonds is 4. The second-order valence-electron chi connectivity index (χ2n) is 6.68. The van der Waals surface area contributed by atoms with Crippen molar-refractivity contribution in [2.24, 2.45) is 0 Å². The Morgan fingerprint density at radius 1 is 0.957 bits per heavy atom. The summed E-state index contributed by atoms with van der Waals surface area (Å²) in [6, 6.07) is 3.96. The number of piperidine rings is 1. The van der Waals surface area contributed by atoms with Crippen LogP contribution in [0.4, 0.5) is 5.82 Å². The maximum absolute atomic E-state index is 12.6. The van der Waals surface area contributed by atoms with Crippen LogP contribution < -0.4 is 5.32 Å². The minimum atomic E-state index is -3.37. The number of anilines is 1. The van der Waals surface area contributed by atoms with Gasteiger partial charge < -0.3 is 5.32 Å². The van der Waals surface area contributed by atoms with E-state index in [-0.39, 0.29) is 0 Å². The highest BCUT2D eigenvalue weighted by Gasteiger charge is 2.26. The van der Waals surface area contributed by atoms with Crippen LogP contribution in [0.3, 0.4) is 0 Å². The van der Waals surface area contributed by atoms with Crippen molar-refractivity contribution in [3.05, 3.63) is 18.3 Å². The van der Waals surface area contributed by atoms with Gasteiger partial charge in [-0.15, -0.1) is 0 Å². The van der Waals surface area contributed by atoms with Crippen LogP contribution in [0.15, 0.2) is 23.2 Å². The van der Waals surface area contributed by atoms with E-state index in [1.165, 1.54) is 44.7 Å². The lowest BCUT2D eigenvalue weighted by Crippen LogP contribution is -2.35. The van der Waals surface area contributed by atoms with Crippen molar-refractivity contribution in [1.29, 1.82) is 0 Å². The number of hydrogen-bond donors (Lipinski definition) is 1. The lowest BCUT2D eigenvalue weighted by Gasteiger charge is -2.25. The molecule has 23 heavy (non-hydrogen) atoms. The molecule has 1 aliphatic heterocycles. The number of nitrogens with zero attached hydrogens (tertiary/aromatic N) is 2. The first-order valence-corrected chi connectivity index (χ1v) is 10.3. The summed E-state index contributed by atoms with van der Waals surface area (Å²) in [5.74, 6) is 0.787. The third-order valence-corrected chi connectivity index (χ3v) is 6.78. The highest BCUT2D eigenvalue weighted by molar-refractivity contribution is 7.89. The van der Waals surface area contributed by atoms with Crippen molar-refractivity contribution in [2.45, 2.75) is 68.7 Å². The molecular weight excluding hydrogens is 310 g/mol. The van der Waals surface area contributed by atoms with E-state index in [2.05, 4.69) is 10.3 Å². The molecule has 0 bridgehead atoms. The Hall–Kier alpha value is -1.14. The van der Waals surface area contributed by atoms with Crippen LogP contribution in [0, 0.1) is 0 Å². The summed E-state index contributed by atoms with van der Waals surface area (Å²) in [7, 11) is -3.37. The zero-order valence-electron chi connectivity index (χ0n) is 13.7. The van der Waals surface area contributed by atoms with Gasteiger partial charge >= 0.3 is 0 Å². The Bertz CT molecular complexity index is 587. The third kappa shape index (κ3) is 4.23. The number of pyridine rings is 1. The molecule has 6 heteroatoms. The van der Waals surface area contributed by atoms with Crippen LogP contribution in [-0.4, -0.2) is 36.8 Å². The summed E-state index contributed by atoms with van der Waals surface area (Å²) < 4.78 is 26.8. The zero-order valence-corrected chi connectivity index (χ0v) is 14.5. The van der Waals surface area contributed by atoms with E-state index in [0.717, 1.165) is 25.1 Å². The van der Waals surface area contributed by atoms with Crippen LogP contribution in [-0.2, 0) is 10.0 Å². The van der Waals surface area contributed by atoms with Crippen LogP contribution in [0.1, 0.15) is 57.8 Å². The standard InChI is InChI=1S/C17H27N3O2S/c21-23(22,20-12-6-3-7-13-20)16-10-11-17(18-14-16)19-15-8-4-1-2-5-9-15/h10-11,14-15H,1-9,12-13H2,(H,18,19). The summed E-state index contributed by atoms with van der Waals surface area (Å²) in [5.41, 5.74) is 0. The zero-order chi connectivity index (χ0) is 16.1. The minimum Gasteiger partial charge on any atom is -0.367 e. The molecule has 1 saturated carbocycles. The van der Waals surface area contributed by atoms with Gasteiger partial charge in [0.15, 0.2) is 0 Å². The van der Waals surface area contributed by atoms with E-state index in [1.54, 1.807) is 10.4 Å². The number of aromatic nitrogens is 1. The van der Waals surface area contributed by atoms with Gasteiger partial charge in [0.1, 0.15) is 10.7 Å². The van der Waals surface area contributed by atoms with E-state index in [1.807, 2.05) is 6.07 Å². The molecule has 5 nitrogen and oxygen atoms in total. The molecule has 1 aromatic rings. The second-order valence-corrected chi connectivity index (χ2v) is 8.61. The second kappa shape index (κ2) is 7.62. The number of nitrogens with one attached hydrogen (secondary N) is 1.